The lowest BCUT2D eigenvalue weighted by molar-refractivity contribution is 0.0954. The number of carbonyl (C=O) groups excluding carboxylic acids is 2. The highest BCUT2D eigenvalue weighted by atomic mass is 35.5. The molecule has 0 spiro atoms. The van der Waals surface area contributed by atoms with E-state index in [0.29, 0.717) is 30.8 Å². The smallest absolute Gasteiger partial charge is 0.211 e. The number of para-hydroxylation sites is 1. The lowest BCUT2D eigenvalue weighted by Crippen LogP contribution is -2.35. The Morgan fingerprint density at radius 1 is 1.04 bits per heavy atom. The van der Waals surface area contributed by atoms with Crippen molar-refractivity contribution in [1.82, 2.24) is 15.2 Å². The molecule has 0 aliphatic heterocycles. The van der Waals surface area contributed by atoms with Crippen molar-refractivity contribution in [3.05, 3.63) is 75.4 Å². The molecule has 1 N–H and O–H groups in total. The van der Waals surface area contributed by atoms with Crippen LogP contribution in [0.25, 0.3) is 10.2 Å². The van der Waals surface area contributed by atoms with Crippen LogP contribution in [0.2, 0.25) is 0 Å². The van der Waals surface area contributed by atoms with Gasteiger partial charge in [-0.05, 0) is 12.1 Å². The lowest BCUT2D eigenvalue weighted by atomic mass is 9.92. The van der Waals surface area contributed by atoms with Crippen molar-refractivity contribution in [1.29, 1.82) is 0 Å². The van der Waals surface area contributed by atoms with E-state index in [1.165, 1.54) is 4.70 Å². The molecule has 0 saturated carbocycles. The Balaban J connectivity index is 1.39. The van der Waals surface area contributed by atoms with Gasteiger partial charge >= 0.3 is 0 Å². The molecule has 0 saturated heterocycles. The average molecular weight is 412 g/mol. The summed E-state index contributed by atoms with van der Waals surface area (Å²) in [5.41, 5.74) is 2.03. The van der Waals surface area contributed by atoms with Crippen molar-refractivity contribution in [2.45, 2.75) is 6.54 Å². The van der Waals surface area contributed by atoms with Crippen molar-refractivity contribution in [2.75, 3.05) is 20.1 Å². The van der Waals surface area contributed by atoms with Gasteiger partial charge in [-0.3, -0.25) is 9.59 Å². The van der Waals surface area contributed by atoms with Crippen molar-refractivity contribution >= 4 is 44.7 Å². The van der Waals surface area contributed by atoms with Gasteiger partial charge in [0.15, 0.2) is 0 Å². The number of nitrogens with zero attached hydrogens (tertiary/aromatic N) is 2. The van der Waals surface area contributed by atoms with Gasteiger partial charge in [0.05, 0.1) is 10.2 Å². The second-order valence-corrected chi connectivity index (χ2v) is 8.03. The van der Waals surface area contributed by atoms with Gasteiger partial charge in [-0.2, -0.15) is 0 Å². The van der Waals surface area contributed by atoms with Crippen LogP contribution < -0.4 is 5.32 Å². The molecule has 0 atom stereocenters. The third-order valence-corrected chi connectivity index (χ3v) is 6.05. The van der Waals surface area contributed by atoms with E-state index in [1.807, 2.05) is 18.2 Å². The summed E-state index contributed by atoms with van der Waals surface area (Å²) in [6, 6.07) is 14.8. The topological polar surface area (TPSA) is 62.3 Å². The van der Waals surface area contributed by atoms with E-state index in [0.717, 1.165) is 10.5 Å². The highest BCUT2D eigenvalue weighted by molar-refractivity contribution is 7.18. The van der Waals surface area contributed by atoms with Gasteiger partial charge in [-0.25, -0.2) is 4.98 Å². The first kappa shape index (κ1) is 18.8. The fourth-order valence-electron chi connectivity index (χ4n) is 3.22. The minimum absolute atomic E-state index is 0.0163. The molecule has 0 amide bonds. The predicted molar refractivity (Wildman–Crippen MR) is 112 cm³/mol. The fourth-order valence-corrected chi connectivity index (χ4v) is 4.49. The molecule has 3 aromatic rings. The first-order valence-electron chi connectivity index (χ1n) is 8.91. The molecular weight excluding hydrogens is 394 g/mol. The minimum atomic E-state index is -0.304. The number of thiazole rings is 1. The summed E-state index contributed by atoms with van der Waals surface area (Å²) in [4.78, 5) is 31.6. The monoisotopic (exact) mass is 411 g/mol. The molecule has 1 aliphatic carbocycles. The normalized spacial score (nSPS) is 13.9. The second kappa shape index (κ2) is 7.83. The van der Waals surface area contributed by atoms with Gasteiger partial charge < -0.3 is 10.2 Å². The molecule has 1 aliphatic rings. The molecule has 0 bridgehead atoms. The number of likely N-dealkylation sites (N-methyl/N-ethyl adjacent to an activating group) is 1. The number of fused-ring (bicyclic) bond motifs is 2. The molecule has 4 rings (SSSR count). The number of hydrogen-bond acceptors (Lipinski definition) is 6. The van der Waals surface area contributed by atoms with E-state index in [4.69, 9.17) is 11.6 Å². The van der Waals surface area contributed by atoms with E-state index >= 15 is 0 Å². The van der Waals surface area contributed by atoms with Crippen LogP contribution in [0.4, 0.5) is 0 Å². The largest absolute Gasteiger partial charge is 0.369 e. The van der Waals surface area contributed by atoms with Crippen LogP contribution in [0, 0.1) is 0 Å². The molecule has 0 fully saturated rings. The van der Waals surface area contributed by atoms with E-state index in [9.17, 15) is 9.59 Å². The molecule has 0 unspecified atom stereocenters. The lowest BCUT2D eigenvalue weighted by Gasteiger charge is -2.26. The van der Waals surface area contributed by atoms with E-state index in [2.05, 4.69) is 16.4 Å². The van der Waals surface area contributed by atoms with Gasteiger partial charge in [0.1, 0.15) is 15.7 Å². The van der Waals surface area contributed by atoms with E-state index < -0.39 is 0 Å². The minimum Gasteiger partial charge on any atom is -0.369 e. The van der Waals surface area contributed by atoms with Crippen molar-refractivity contribution in [2.24, 2.45) is 0 Å². The number of Topliss-reactive ketones (excluding diaryl/α,β-unsaturated/α-hetero) is 2. The quantitative estimate of drug-likeness (QED) is 0.624. The molecule has 28 heavy (non-hydrogen) atoms. The third kappa shape index (κ3) is 3.46. The second-order valence-electron chi connectivity index (χ2n) is 6.54. The number of carbonyl (C=O) groups is 2. The number of rotatable bonds is 6. The Morgan fingerprint density at radius 3 is 2.46 bits per heavy atom. The average Bonchev–Trinajstić information content (AvgIpc) is 3.12. The van der Waals surface area contributed by atoms with Gasteiger partial charge in [-0.1, -0.05) is 48.0 Å². The van der Waals surface area contributed by atoms with Crippen molar-refractivity contribution in [3.8, 4) is 0 Å². The Morgan fingerprint density at radius 2 is 1.71 bits per heavy atom. The maximum atomic E-state index is 12.8. The molecule has 1 heterocycles. The van der Waals surface area contributed by atoms with E-state index in [-0.39, 0.29) is 22.3 Å². The van der Waals surface area contributed by atoms with E-state index in [1.54, 1.807) is 47.5 Å². The summed E-state index contributed by atoms with van der Waals surface area (Å²) in [5, 5.41) is 4.33. The van der Waals surface area contributed by atoms with Crippen LogP contribution >= 0.6 is 22.9 Å². The van der Waals surface area contributed by atoms with Crippen LogP contribution in [0.1, 0.15) is 25.7 Å². The van der Waals surface area contributed by atoms with Crippen LogP contribution in [0.5, 0.6) is 0 Å². The fraction of sp³-hybridized carbons (Fsp3) is 0.190. The Kier molecular flexibility index (Phi) is 5.26. The zero-order chi connectivity index (χ0) is 19.7. The van der Waals surface area contributed by atoms with Crippen molar-refractivity contribution in [3.63, 3.8) is 0 Å². The maximum Gasteiger partial charge on any atom is 0.211 e. The SMILES string of the molecule is CN(CCNCc1nc2ccccc2s1)C1=C(Cl)C(=O)c2ccccc2C1=O. The molecule has 2 aromatic carbocycles. The molecule has 1 aromatic heterocycles. The number of nitrogens with one attached hydrogen (secondary N) is 1. The number of benzene rings is 2. The zero-order valence-electron chi connectivity index (χ0n) is 15.2. The number of allylic oxidation sites excluding steroid dienone is 2. The number of halogens is 1. The Bertz CT molecular complexity index is 1070. The predicted octanol–water partition coefficient (Wildman–Crippen LogP) is 3.85. The summed E-state index contributed by atoms with van der Waals surface area (Å²) < 4.78 is 1.17. The van der Waals surface area contributed by atoms with Gasteiger partial charge in [-0.15, -0.1) is 11.3 Å². The van der Waals surface area contributed by atoms with Crippen LogP contribution in [-0.4, -0.2) is 41.6 Å². The summed E-state index contributed by atoms with van der Waals surface area (Å²) in [6.07, 6.45) is 0. The zero-order valence-corrected chi connectivity index (χ0v) is 16.8. The number of hydrogen-bond donors (Lipinski definition) is 1. The van der Waals surface area contributed by atoms with Crippen LogP contribution in [0.3, 0.4) is 0 Å². The highest BCUT2D eigenvalue weighted by Gasteiger charge is 2.32. The molecule has 5 nitrogen and oxygen atoms in total. The summed E-state index contributed by atoms with van der Waals surface area (Å²) in [7, 11) is 1.77. The van der Waals surface area contributed by atoms with Crippen molar-refractivity contribution < 1.29 is 9.59 Å². The number of ketones is 2. The van der Waals surface area contributed by atoms with Gasteiger partial charge in [0.25, 0.3) is 0 Å². The summed E-state index contributed by atoms with van der Waals surface area (Å²) in [6.45, 7) is 1.82. The summed E-state index contributed by atoms with van der Waals surface area (Å²) >= 11 is 7.90. The molecule has 7 heteroatoms. The maximum absolute atomic E-state index is 12.8. The Labute approximate surface area is 171 Å². The standard InChI is InChI=1S/C21H18ClN3O2S/c1-25(11-10-23-12-17-24-15-8-4-5-9-16(15)28-17)19-18(22)20(26)13-6-2-3-7-14(13)21(19)27/h2-9,23H,10-12H2,1H3. The van der Waals surface area contributed by atoms with Gasteiger partial charge in [0.2, 0.25) is 11.6 Å². The summed E-state index contributed by atoms with van der Waals surface area (Å²) in [5.74, 6) is -0.518. The molecular formula is C21H18ClN3O2S. The third-order valence-electron chi connectivity index (χ3n) is 4.66. The first-order valence-corrected chi connectivity index (χ1v) is 10.1. The molecule has 142 valence electrons. The van der Waals surface area contributed by atoms with Crippen LogP contribution in [0.15, 0.2) is 59.3 Å². The highest BCUT2D eigenvalue weighted by Crippen LogP contribution is 2.29. The van der Waals surface area contributed by atoms with Crippen LogP contribution in [-0.2, 0) is 6.54 Å². The first-order chi connectivity index (χ1) is 13.6. The van der Waals surface area contributed by atoms with Gasteiger partial charge in [0, 0.05) is 37.8 Å². The Hall–Kier alpha value is -2.54. The molecule has 0 radical (unpaired) electrons. The number of aromatic nitrogens is 1.